The maximum Gasteiger partial charge on any atom is 0.224 e. The highest BCUT2D eigenvalue weighted by Gasteiger charge is 2.16. The Bertz CT molecular complexity index is 843. The molecular formula is C20H21NO2. The van der Waals surface area contributed by atoms with Gasteiger partial charge in [0.1, 0.15) is 11.2 Å². The highest BCUT2D eigenvalue weighted by Crippen LogP contribution is 2.31. The minimum absolute atomic E-state index is 0.104. The number of para-hydroxylation sites is 1. The Labute approximate surface area is 135 Å². The molecule has 3 aromatic rings. The average Bonchev–Trinajstić information content (AvgIpc) is 3.20. The first-order chi connectivity index (χ1) is 11.3. The number of furan rings is 1. The molecule has 1 N–H and O–H groups in total. The molecule has 1 aliphatic carbocycles. The maximum atomic E-state index is 12.1. The molecule has 0 atom stereocenters. The number of hydrogen-bond donors (Lipinski definition) is 1. The van der Waals surface area contributed by atoms with E-state index in [9.17, 15) is 4.79 Å². The van der Waals surface area contributed by atoms with E-state index in [2.05, 4.69) is 11.4 Å². The van der Waals surface area contributed by atoms with Gasteiger partial charge in [0.2, 0.25) is 5.91 Å². The zero-order valence-corrected chi connectivity index (χ0v) is 13.2. The first kappa shape index (κ1) is 14.3. The molecule has 23 heavy (non-hydrogen) atoms. The van der Waals surface area contributed by atoms with Crippen molar-refractivity contribution in [3.8, 4) is 0 Å². The van der Waals surface area contributed by atoms with Gasteiger partial charge in [-0.05, 0) is 30.5 Å². The molecule has 1 amide bonds. The molecular weight excluding hydrogens is 286 g/mol. The minimum Gasteiger partial charge on any atom is -0.456 e. The fourth-order valence-electron chi connectivity index (χ4n) is 3.66. The van der Waals surface area contributed by atoms with E-state index in [1.165, 1.54) is 25.7 Å². The lowest BCUT2D eigenvalue weighted by Crippen LogP contribution is -2.12. The van der Waals surface area contributed by atoms with Crippen LogP contribution in [-0.4, -0.2) is 5.91 Å². The lowest BCUT2D eigenvalue weighted by molar-refractivity contribution is -0.116. The highest BCUT2D eigenvalue weighted by atomic mass is 16.3. The molecule has 118 valence electrons. The number of hydrogen-bond acceptors (Lipinski definition) is 2. The smallest absolute Gasteiger partial charge is 0.224 e. The van der Waals surface area contributed by atoms with Crippen LogP contribution in [0.5, 0.6) is 0 Å². The van der Waals surface area contributed by atoms with Crippen LogP contribution in [-0.2, 0) is 4.79 Å². The minimum atomic E-state index is 0.104. The summed E-state index contributed by atoms with van der Waals surface area (Å²) in [6.45, 7) is 0. The summed E-state index contributed by atoms with van der Waals surface area (Å²) in [6.07, 6.45) is 6.86. The topological polar surface area (TPSA) is 42.2 Å². The van der Waals surface area contributed by atoms with E-state index in [0.717, 1.165) is 40.0 Å². The molecule has 0 unspecified atom stereocenters. The molecule has 0 saturated heterocycles. The monoisotopic (exact) mass is 307 g/mol. The zero-order valence-electron chi connectivity index (χ0n) is 13.2. The third kappa shape index (κ3) is 2.96. The van der Waals surface area contributed by atoms with Crippen LogP contribution >= 0.6 is 0 Å². The van der Waals surface area contributed by atoms with Gasteiger partial charge in [-0.25, -0.2) is 0 Å². The SMILES string of the molecule is O=C(CCC1CCCC1)Nc1ccc2c(c1)oc1ccccc12. The molecule has 1 fully saturated rings. The average molecular weight is 307 g/mol. The highest BCUT2D eigenvalue weighted by molar-refractivity contribution is 6.06. The lowest BCUT2D eigenvalue weighted by atomic mass is 10.0. The van der Waals surface area contributed by atoms with Crippen LogP contribution in [0.15, 0.2) is 46.9 Å². The van der Waals surface area contributed by atoms with Crippen molar-refractivity contribution in [3.05, 3.63) is 42.5 Å². The standard InChI is InChI=1S/C20H21NO2/c22-20(12-9-14-5-1-2-6-14)21-15-10-11-17-16-7-3-4-8-18(16)23-19(17)13-15/h3-4,7-8,10-11,13-14H,1-2,5-6,9,12H2,(H,21,22). The lowest BCUT2D eigenvalue weighted by Gasteiger charge is -2.09. The summed E-state index contributed by atoms with van der Waals surface area (Å²) in [5, 5.41) is 5.20. The number of benzene rings is 2. The van der Waals surface area contributed by atoms with Gasteiger partial charge in [-0.15, -0.1) is 0 Å². The van der Waals surface area contributed by atoms with Crippen LogP contribution < -0.4 is 5.32 Å². The fraction of sp³-hybridized carbons (Fsp3) is 0.350. The van der Waals surface area contributed by atoms with Crippen LogP contribution in [0, 0.1) is 5.92 Å². The largest absolute Gasteiger partial charge is 0.456 e. The summed E-state index contributed by atoms with van der Waals surface area (Å²) in [5.41, 5.74) is 2.51. The molecule has 0 bridgehead atoms. The molecule has 1 aromatic heterocycles. The van der Waals surface area contributed by atoms with Gasteiger partial charge in [-0.2, -0.15) is 0 Å². The van der Waals surface area contributed by atoms with Gasteiger partial charge in [0.25, 0.3) is 0 Å². The van der Waals surface area contributed by atoms with E-state index >= 15 is 0 Å². The Morgan fingerprint density at radius 1 is 1.04 bits per heavy atom. The second kappa shape index (κ2) is 6.07. The van der Waals surface area contributed by atoms with Gasteiger partial charge in [0.15, 0.2) is 0 Å². The summed E-state index contributed by atoms with van der Waals surface area (Å²) in [6, 6.07) is 13.9. The molecule has 3 heteroatoms. The second-order valence-corrected chi connectivity index (χ2v) is 6.55. The van der Waals surface area contributed by atoms with E-state index in [0.29, 0.717) is 6.42 Å². The van der Waals surface area contributed by atoms with Crippen molar-refractivity contribution in [2.45, 2.75) is 38.5 Å². The predicted octanol–water partition coefficient (Wildman–Crippen LogP) is 5.49. The fourth-order valence-corrected chi connectivity index (χ4v) is 3.66. The van der Waals surface area contributed by atoms with Gasteiger partial charge in [0, 0.05) is 28.9 Å². The van der Waals surface area contributed by atoms with Gasteiger partial charge < -0.3 is 9.73 Å². The van der Waals surface area contributed by atoms with Gasteiger partial charge >= 0.3 is 0 Å². The maximum absolute atomic E-state index is 12.1. The second-order valence-electron chi connectivity index (χ2n) is 6.55. The number of anilines is 1. The van der Waals surface area contributed by atoms with Crippen molar-refractivity contribution in [2.75, 3.05) is 5.32 Å². The third-order valence-electron chi connectivity index (χ3n) is 4.92. The Balaban J connectivity index is 1.48. The summed E-state index contributed by atoms with van der Waals surface area (Å²) in [7, 11) is 0. The predicted molar refractivity (Wildman–Crippen MR) is 93.5 cm³/mol. The van der Waals surface area contributed by atoms with Crippen LogP contribution in [0.4, 0.5) is 5.69 Å². The summed E-state index contributed by atoms with van der Waals surface area (Å²) < 4.78 is 5.86. The summed E-state index contributed by atoms with van der Waals surface area (Å²) in [5.74, 6) is 0.853. The molecule has 4 rings (SSSR count). The van der Waals surface area contributed by atoms with Crippen molar-refractivity contribution in [1.82, 2.24) is 0 Å². The molecule has 0 radical (unpaired) electrons. The zero-order chi connectivity index (χ0) is 15.6. The molecule has 1 aliphatic rings. The first-order valence-corrected chi connectivity index (χ1v) is 8.51. The Hall–Kier alpha value is -2.29. The van der Waals surface area contributed by atoms with Crippen LogP contribution in [0.3, 0.4) is 0 Å². The number of nitrogens with one attached hydrogen (secondary N) is 1. The van der Waals surface area contributed by atoms with Crippen molar-refractivity contribution >= 4 is 33.5 Å². The van der Waals surface area contributed by atoms with E-state index in [1.807, 2.05) is 36.4 Å². The summed E-state index contributed by atoms with van der Waals surface area (Å²) >= 11 is 0. The molecule has 0 aliphatic heterocycles. The van der Waals surface area contributed by atoms with Crippen molar-refractivity contribution in [3.63, 3.8) is 0 Å². The number of fused-ring (bicyclic) bond motifs is 3. The Kier molecular flexibility index (Phi) is 3.78. The molecule has 3 nitrogen and oxygen atoms in total. The van der Waals surface area contributed by atoms with Gasteiger partial charge in [-0.1, -0.05) is 43.9 Å². The normalized spacial score (nSPS) is 15.5. The van der Waals surface area contributed by atoms with E-state index < -0.39 is 0 Å². The quantitative estimate of drug-likeness (QED) is 0.692. The molecule has 0 spiro atoms. The van der Waals surface area contributed by atoms with Gasteiger partial charge in [0.05, 0.1) is 0 Å². The van der Waals surface area contributed by atoms with Crippen molar-refractivity contribution < 1.29 is 9.21 Å². The van der Waals surface area contributed by atoms with E-state index in [-0.39, 0.29) is 5.91 Å². The van der Waals surface area contributed by atoms with E-state index in [4.69, 9.17) is 4.42 Å². The van der Waals surface area contributed by atoms with Crippen LogP contribution in [0.1, 0.15) is 38.5 Å². The van der Waals surface area contributed by atoms with Gasteiger partial charge in [-0.3, -0.25) is 4.79 Å². The van der Waals surface area contributed by atoms with Crippen molar-refractivity contribution in [2.24, 2.45) is 5.92 Å². The number of rotatable bonds is 4. The first-order valence-electron chi connectivity index (χ1n) is 8.51. The molecule has 1 heterocycles. The number of carbonyl (C=O) groups is 1. The van der Waals surface area contributed by atoms with Crippen LogP contribution in [0.2, 0.25) is 0 Å². The number of amides is 1. The third-order valence-corrected chi connectivity index (χ3v) is 4.92. The Morgan fingerprint density at radius 2 is 1.83 bits per heavy atom. The van der Waals surface area contributed by atoms with Crippen molar-refractivity contribution in [1.29, 1.82) is 0 Å². The Morgan fingerprint density at radius 3 is 2.70 bits per heavy atom. The summed E-state index contributed by atoms with van der Waals surface area (Å²) in [4.78, 5) is 12.1. The van der Waals surface area contributed by atoms with E-state index in [1.54, 1.807) is 0 Å². The molecule has 2 aromatic carbocycles. The number of carbonyl (C=O) groups excluding carboxylic acids is 1. The van der Waals surface area contributed by atoms with Crippen LogP contribution in [0.25, 0.3) is 21.9 Å². The molecule has 1 saturated carbocycles.